The molecule has 1 spiro atoms. The van der Waals surface area contributed by atoms with Gasteiger partial charge >= 0.3 is 0 Å². The van der Waals surface area contributed by atoms with Crippen molar-refractivity contribution in [1.82, 2.24) is 10.6 Å². The number of piperidine rings is 1. The normalized spacial score (nSPS) is 31.2. The molecule has 57 valence electrons. The van der Waals surface area contributed by atoms with Crippen LogP contribution >= 0.6 is 0 Å². The molecule has 0 amide bonds. The van der Waals surface area contributed by atoms with Gasteiger partial charge in [0.1, 0.15) is 0 Å². The summed E-state index contributed by atoms with van der Waals surface area (Å²) in [6, 6.07) is 0. The molecule has 2 N–H and O–H groups in total. The summed E-state index contributed by atoms with van der Waals surface area (Å²) in [4.78, 5) is 0. The van der Waals surface area contributed by atoms with Crippen LogP contribution in [0.2, 0.25) is 0 Å². The molecule has 2 heterocycles. The highest BCUT2D eigenvalue weighted by atomic mass is 15.0. The summed E-state index contributed by atoms with van der Waals surface area (Å²) in [6.45, 7) is 5.93. The molecule has 2 aliphatic heterocycles. The number of hydrogen-bond acceptors (Lipinski definition) is 2. The largest absolute Gasteiger partial charge is 0.317 e. The van der Waals surface area contributed by atoms with E-state index in [1.165, 1.54) is 38.9 Å². The van der Waals surface area contributed by atoms with Crippen LogP contribution < -0.4 is 10.6 Å². The molecule has 0 atom stereocenters. The molecule has 0 aromatic rings. The van der Waals surface area contributed by atoms with E-state index in [0.29, 0.717) is 5.41 Å². The van der Waals surface area contributed by atoms with Crippen LogP contribution in [0.1, 0.15) is 19.3 Å². The average Bonchev–Trinajstić information content (AvgIpc) is 2.39. The summed E-state index contributed by atoms with van der Waals surface area (Å²) in [6.07, 6.45) is 4.02. The second kappa shape index (κ2) is 2.51. The Morgan fingerprint density at radius 3 is 2.30 bits per heavy atom. The van der Waals surface area contributed by atoms with E-state index in [1.807, 2.05) is 0 Å². The van der Waals surface area contributed by atoms with Crippen molar-refractivity contribution in [2.24, 2.45) is 5.41 Å². The van der Waals surface area contributed by atoms with E-state index >= 15 is 0 Å². The maximum atomic E-state index is 3.39. The molecule has 0 unspecified atom stereocenters. The highest BCUT2D eigenvalue weighted by Crippen LogP contribution is 2.37. The van der Waals surface area contributed by atoms with Gasteiger partial charge in [0.2, 0.25) is 0 Å². The van der Waals surface area contributed by atoms with Gasteiger partial charge in [-0.3, -0.25) is 0 Å². The molecule has 2 nitrogen and oxygen atoms in total. The first-order valence-corrected chi connectivity index (χ1v) is 4.20. The molecule has 1 radical (unpaired) electrons. The average molecular weight is 139 g/mol. The zero-order valence-electron chi connectivity index (χ0n) is 6.32. The van der Waals surface area contributed by atoms with Crippen LogP contribution in [0.5, 0.6) is 0 Å². The van der Waals surface area contributed by atoms with Gasteiger partial charge in [-0.15, -0.1) is 0 Å². The summed E-state index contributed by atoms with van der Waals surface area (Å²) in [7, 11) is 0. The first-order chi connectivity index (χ1) is 4.91. The predicted molar refractivity (Wildman–Crippen MR) is 41.5 cm³/mol. The Bertz CT molecular complexity index is 108. The van der Waals surface area contributed by atoms with Gasteiger partial charge in [0.15, 0.2) is 0 Å². The quantitative estimate of drug-likeness (QED) is 0.511. The highest BCUT2D eigenvalue weighted by molar-refractivity contribution is 4.99. The molecule has 10 heavy (non-hydrogen) atoms. The van der Waals surface area contributed by atoms with Crippen molar-refractivity contribution in [2.45, 2.75) is 19.3 Å². The van der Waals surface area contributed by atoms with E-state index in [9.17, 15) is 0 Å². The summed E-state index contributed by atoms with van der Waals surface area (Å²) in [5.74, 6) is 0. The lowest BCUT2D eigenvalue weighted by Gasteiger charge is -2.32. The smallest absolute Gasteiger partial charge is 0.0284 e. The minimum Gasteiger partial charge on any atom is -0.317 e. The summed E-state index contributed by atoms with van der Waals surface area (Å²) in [5, 5.41) is 6.72. The third kappa shape index (κ3) is 1.06. The molecule has 0 aromatic heterocycles. The minimum absolute atomic E-state index is 0.575. The van der Waals surface area contributed by atoms with Crippen LogP contribution in [0.4, 0.5) is 0 Å². The lowest BCUT2D eigenvalue weighted by Crippen LogP contribution is -2.35. The summed E-state index contributed by atoms with van der Waals surface area (Å²) < 4.78 is 0. The van der Waals surface area contributed by atoms with Gasteiger partial charge in [-0.1, -0.05) is 0 Å². The van der Waals surface area contributed by atoms with Crippen molar-refractivity contribution in [1.29, 1.82) is 0 Å². The van der Waals surface area contributed by atoms with Gasteiger partial charge in [0, 0.05) is 6.54 Å². The van der Waals surface area contributed by atoms with E-state index in [2.05, 4.69) is 17.2 Å². The van der Waals surface area contributed by atoms with Crippen molar-refractivity contribution in [2.75, 3.05) is 19.6 Å². The van der Waals surface area contributed by atoms with Crippen LogP contribution in [-0.2, 0) is 0 Å². The zero-order chi connectivity index (χ0) is 6.86. The van der Waals surface area contributed by atoms with Crippen LogP contribution in [0.3, 0.4) is 0 Å². The van der Waals surface area contributed by atoms with Crippen molar-refractivity contribution in [3.05, 3.63) is 6.54 Å². The fourth-order valence-electron chi connectivity index (χ4n) is 2.00. The molecular weight excluding hydrogens is 124 g/mol. The van der Waals surface area contributed by atoms with E-state index in [1.54, 1.807) is 0 Å². The molecule has 0 saturated carbocycles. The van der Waals surface area contributed by atoms with Crippen molar-refractivity contribution in [3.63, 3.8) is 0 Å². The predicted octanol–water partition coefficient (Wildman–Crippen LogP) is 0.511. The maximum absolute atomic E-state index is 3.39. The van der Waals surface area contributed by atoms with Gasteiger partial charge in [-0.25, -0.2) is 0 Å². The number of nitrogens with one attached hydrogen (secondary N) is 2. The van der Waals surface area contributed by atoms with Crippen molar-refractivity contribution >= 4 is 0 Å². The Labute approximate surface area is 62.4 Å². The fraction of sp³-hybridized carbons (Fsp3) is 0.875. The van der Waals surface area contributed by atoms with E-state index in [-0.39, 0.29) is 0 Å². The number of rotatable bonds is 0. The Hall–Kier alpha value is -0.0800. The van der Waals surface area contributed by atoms with Gasteiger partial charge in [-0.2, -0.15) is 0 Å². The minimum atomic E-state index is 0.575. The Kier molecular flexibility index (Phi) is 1.66. The van der Waals surface area contributed by atoms with Crippen LogP contribution in [0.25, 0.3) is 0 Å². The summed E-state index contributed by atoms with van der Waals surface area (Å²) >= 11 is 0. The highest BCUT2D eigenvalue weighted by Gasteiger charge is 2.34. The standard InChI is InChI=1S/C8H15N2/c1-4-9-5-2-8(1)3-6-10-7-8/h7,9-10H,1-6H2. The second-order valence-electron chi connectivity index (χ2n) is 3.46. The van der Waals surface area contributed by atoms with Crippen LogP contribution in [0, 0.1) is 12.0 Å². The van der Waals surface area contributed by atoms with Gasteiger partial charge in [0.05, 0.1) is 0 Å². The molecule has 2 aliphatic rings. The topological polar surface area (TPSA) is 24.1 Å². The lowest BCUT2D eigenvalue weighted by atomic mass is 9.78. The van der Waals surface area contributed by atoms with Gasteiger partial charge < -0.3 is 10.6 Å². The molecule has 0 aromatic carbocycles. The zero-order valence-corrected chi connectivity index (χ0v) is 6.32. The third-order valence-electron chi connectivity index (χ3n) is 2.77. The first kappa shape index (κ1) is 6.62. The summed E-state index contributed by atoms with van der Waals surface area (Å²) in [5.41, 5.74) is 0.575. The monoisotopic (exact) mass is 139 g/mol. The first-order valence-electron chi connectivity index (χ1n) is 4.20. The van der Waals surface area contributed by atoms with E-state index in [0.717, 1.165) is 0 Å². The second-order valence-corrected chi connectivity index (χ2v) is 3.46. The van der Waals surface area contributed by atoms with Gasteiger partial charge in [0.25, 0.3) is 0 Å². The van der Waals surface area contributed by atoms with E-state index in [4.69, 9.17) is 0 Å². The van der Waals surface area contributed by atoms with Gasteiger partial charge in [-0.05, 0) is 44.3 Å². The molecule has 2 saturated heterocycles. The Morgan fingerprint density at radius 1 is 1.00 bits per heavy atom. The Balaban J connectivity index is 1.98. The van der Waals surface area contributed by atoms with Crippen LogP contribution in [0.15, 0.2) is 0 Å². The fourth-order valence-corrected chi connectivity index (χ4v) is 2.00. The Morgan fingerprint density at radius 2 is 1.70 bits per heavy atom. The van der Waals surface area contributed by atoms with E-state index < -0.39 is 0 Å². The van der Waals surface area contributed by atoms with Crippen molar-refractivity contribution in [3.8, 4) is 0 Å². The molecule has 2 rings (SSSR count). The SMILES string of the molecule is [CH]1NCCC12CCNCC2. The van der Waals surface area contributed by atoms with Crippen LogP contribution in [-0.4, -0.2) is 19.6 Å². The molecule has 2 heteroatoms. The third-order valence-corrected chi connectivity index (χ3v) is 2.77. The molecular formula is C8H15N2. The molecule has 0 aliphatic carbocycles. The van der Waals surface area contributed by atoms with Crippen molar-refractivity contribution < 1.29 is 0 Å². The molecule has 2 fully saturated rings. The molecule has 0 bridgehead atoms. The lowest BCUT2D eigenvalue weighted by molar-refractivity contribution is 0.259. The maximum Gasteiger partial charge on any atom is 0.0284 e. The number of hydrogen-bond donors (Lipinski definition) is 2.